The Bertz CT molecular complexity index is 813. The Kier molecular flexibility index (Phi) is 7.45. The molecule has 0 amide bonds. The molecular weight excluding hydrogens is 379 g/mol. The second kappa shape index (κ2) is 9.58. The Morgan fingerprint density at radius 1 is 0.852 bits per heavy atom. The highest BCUT2D eigenvalue weighted by atomic mass is 35.5. The number of pyridine rings is 2. The molecule has 0 spiro atoms. The van der Waals surface area contributed by atoms with Gasteiger partial charge in [-0.1, -0.05) is 12.1 Å². The fraction of sp³-hybridized carbons (Fsp3) is 0.238. The normalized spacial score (nSPS) is 18.4. The summed E-state index contributed by atoms with van der Waals surface area (Å²) in [5.74, 6) is 0. The van der Waals surface area contributed by atoms with Gasteiger partial charge in [-0.3, -0.25) is 0 Å². The molecule has 2 N–H and O–H groups in total. The Hall–Kier alpha value is -2.30. The van der Waals surface area contributed by atoms with Crippen LogP contribution in [0.3, 0.4) is 0 Å². The number of rotatable bonds is 4. The SMILES string of the molecule is Nc1ccc(N2CC([n+]3ccccc3)CC2C[n+]2ccccc2)cc1.[Cl-].[Cl-]. The molecule has 2 aromatic heterocycles. The summed E-state index contributed by atoms with van der Waals surface area (Å²) in [5, 5.41) is 0. The van der Waals surface area contributed by atoms with Crippen molar-refractivity contribution < 1.29 is 33.9 Å². The van der Waals surface area contributed by atoms with Crippen molar-refractivity contribution in [3.8, 4) is 0 Å². The number of aromatic nitrogens is 2. The zero-order chi connectivity index (χ0) is 17.1. The van der Waals surface area contributed by atoms with Crippen LogP contribution in [0.5, 0.6) is 0 Å². The zero-order valence-electron chi connectivity index (χ0n) is 15.0. The lowest BCUT2D eigenvalue weighted by molar-refractivity contribution is -0.721. The van der Waals surface area contributed by atoms with Gasteiger partial charge in [0, 0.05) is 42.1 Å². The maximum absolute atomic E-state index is 5.88. The molecule has 4 rings (SSSR count). The van der Waals surface area contributed by atoms with Gasteiger partial charge < -0.3 is 35.4 Å². The van der Waals surface area contributed by atoms with E-state index in [0.717, 1.165) is 25.2 Å². The van der Waals surface area contributed by atoms with Crippen LogP contribution >= 0.6 is 0 Å². The van der Waals surface area contributed by atoms with Crippen molar-refractivity contribution >= 4 is 11.4 Å². The van der Waals surface area contributed by atoms with Gasteiger partial charge in [-0.25, -0.2) is 9.13 Å². The first-order valence-corrected chi connectivity index (χ1v) is 8.81. The van der Waals surface area contributed by atoms with E-state index in [0.29, 0.717) is 12.1 Å². The van der Waals surface area contributed by atoms with Crippen LogP contribution in [0.1, 0.15) is 12.5 Å². The quantitative estimate of drug-likeness (QED) is 0.361. The number of halogens is 2. The number of nitrogens with zero attached hydrogens (tertiary/aromatic N) is 3. The molecule has 1 saturated heterocycles. The van der Waals surface area contributed by atoms with Crippen LogP contribution in [0, 0.1) is 0 Å². The number of hydrogen-bond donors (Lipinski definition) is 1. The van der Waals surface area contributed by atoms with Gasteiger partial charge in [0.1, 0.15) is 0 Å². The van der Waals surface area contributed by atoms with E-state index in [1.807, 2.05) is 12.1 Å². The van der Waals surface area contributed by atoms with Gasteiger partial charge in [0.15, 0.2) is 37.4 Å². The zero-order valence-corrected chi connectivity index (χ0v) is 16.5. The molecule has 3 aromatic rings. The number of nitrogen functional groups attached to an aromatic ring is 1. The van der Waals surface area contributed by atoms with Crippen molar-refractivity contribution in [2.24, 2.45) is 0 Å². The summed E-state index contributed by atoms with van der Waals surface area (Å²) < 4.78 is 4.60. The van der Waals surface area contributed by atoms with Gasteiger partial charge in [-0.05, 0) is 24.3 Å². The van der Waals surface area contributed by atoms with Gasteiger partial charge in [0.2, 0.25) is 0 Å². The van der Waals surface area contributed by atoms with Crippen LogP contribution in [0.2, 0.25) is 0 Å². The average molecular weight is 403 g/mol. The van der Waals surface area contributed by atoms with Gasteiger partial charge in [0.05, 0.1) is 12.6 Å². The summed E-state index contributed by atoms with van der Waals surface area (Å²) in [5.41, 5.74) is 7.93. The first-order chi connectivity index (χ1) is 12.3. The molecule has 1 fully saturated rings. The predicted molar refractivity (Wildman–Crippen MR) is 98.9 cm³/mol. The van der Waals surface area contributed by atoms with Crippen molar-refractivity contribution in [1.29, 1.82) is 0 Å². The van der Waals surface area contributed by atoms with Gasteiger partial charge in [0.25, 0.3) is 0 Å². The number of hydrogen-bond acceptors (Lipinski definition) is 2. The lowest BCUT2D eigenvalue weighted by Crippen LogP contribution is -3.00. The molecule has 0 radical (unpaired) electrons. The van der Waals surface area contributed by atoms with Crippen molar-refractivity contribution in [2.75, 3.05) is 17.2 Å². The molecule has 6 heteroatoms. The van der Waals surface area contributed by atoms with Gasteiger partial charge in [-0.15, -0.1) is 0 Å². The molecular formula is C21H24Cl2N4. The Morgan fingerprint density at radius 3 is 2.07 bits per heavy atom. The van der Waals surface area contributed by atoms with E-state index in [9.17, 15) is 0 Å². The third-order valence-electron chi connectivity index (χ3n) is 4.98. The van der Waals surface area contributed by atoms with E-state index in [2.05, 4.69) is 87.4 Å². The molecule has 2 atom stereocenters. The Morgan fingerprint density at radius 2 is 1.44 bits per heavy atom. The van der Waals surface area contributed by atoms with E-state index in [1.54, 1.807) is 0 Å². The minimum atomic E-state index is 0. The van der Waals surface area contributed by atoms with Crippen LogP contribution < -0.4 is 44.6 Å². The minimum absolute atomic E-state index is 0. The lowest BCUT2D eigenvalue weighted by Gasteiger charge is -2.24. The predicted octanol–water partition coefficient (Wildman–Crippen LogP) is -3.63. The number of anilines is 2. The van der Waals surface area contributed by atoms with E-state index in [4.69, 9.17) is 5.73 Å². The number of benzene rings is 1. The van der Waals surface area contributed by atoms with Crippen molar-refractivity contribution in [2.45, 2.75) is 25.0 Å². The third kappa shape index (κ3) is 4.90. The molecule has 1 aliphatic rings. The topological polar surface area (TPSA) is 37.0 Å². The molecule has 27 heavy (non-hydrogen) atoms. The number of nitrogens with two attached hydrogens (primary N) is 1. The van der Waals surface area contributed by atoms with E-state index < -0.39 is 0 Å². The van der Waals surface area contributed by atoms with Gasteiger partial charge >= 0.3 is 0 Å². The summed E-state index contributed by atoms with van der Waals surface area (Å²) in [7, 11) is 0. The van der Waals surface area contributed by atoms with Gasteiger partial charge in [-0.2, -0.15) is 0 Å². The second-order valence-corrected chi connectivity index (χ2v) is 6.68. The summed E-state index contributed by atoms with van der Waals surface area (Å²) >= 11 is 0. The van der Waals surface area contributed by atoms with Crippen LogP contribution in [0.15, 0.2) is 85.5 Å². The Balaban J connectivity index is 0.00000131. The first kappa shape index (κ1) is 21.0. The highest BCUT2D eigenvalue weighted by Gasteiger charge is 2.39. The summed E-state index contributed by atoms with van der Waals surface area (Å²) in [6.07, 6.45) is 9.75. The molecule has 142 valence electrons. The van der Waals surface area contributed by atoms with E-state index in [-0.39, 0.29) is 24.8 Å². The molecule has 4 nitrogen and oxygen atoms in total. The standard InChI is InChI=1S/C21H24N4.2ClH/c22-18-7-9-19(10-8-18)25-17-20(24-13-5-2-6-14-24)15-21(25)16-23-11-3-1-4-12-23;;/h1-14,20-21H,15-17,22H2;2*1H/q+2;;/p-2. The third-order valence-corrected chi connectivity index (χ3v) is 4.98. The molecule has 0 saturated carbocycles. The minimum Gasteiger partial charge on any atom is -1.00 e. The molecule has 1 aromatic carbocycles. The monoisotopic (exact) mass is 402 g/mol. The lowest BCUT2D eigenvalue weighted by atomic mass is 10.1. The molecule has 1 aliphatic heterocycles. The fourth-order valence-electron chi connectivity index (χ4n) is 3.72. The van der Waals surface area contributed by atoms with Crippen molar-refractivity contribution in [1.82, 2.24) is 0 Å². The van der Waals surface area contributed by atoms with Crippen LogP contribution in [-0.4, -0.2) is 12.6 Å². The van der Waals surface area contributed by atoms with Crippen LogP contribution in [-0.2, 0) is 6.54 Å². The fourth-order valence-corrected chi connectivity index (χ4v) is 3.72. The summed E-state index contributed by atoms with van der Waals surface area (Å²) in [6, 6.07) is 21.7. The first-order valence-electron chi connectivity index (χ1n) is 8.81. The largest absolute Gasteiger partial charge is 1.00 e. The second-order valence-electron chi connectivity index (χ2n) is 6.68. The van der Waals surface area contributed by atoms with Crippen molar-refractivity contribution in [3.05, 3.63) is 85.5 Å². The molecule has 0 bridgehead atoms. The van der Waals surface area contributed by atoms with Crippen LogP contribution in [0.25, 0.3) is 0 Å². The highest BCUT2D eigenvalue weighted by molar-refractivity contribution is 5.54. The molecule has 2 unspecified atom stereocenters. The Labute approximate surface area is 173 Å². The smallest absolute Gasteiger partial charge is 0.177 e. The molecule has 3 heterocycles. The van der Waals surface area contributed by atoms with E-state index in [1.165, 1.54) is 5.69 Å². The maximum Gasteiger partial charge on any atom is 0.177 e. The molecule has 0 aliphatic carbocycles. The summed E-state index contributed by atoms with van der Waals surface area (Å²) in [4.78, 5) is 2.52. The summed E-state index contributed by atoms with van der Waals surface area (Å²) in [6.45, 7) is 1.99. The van der Waals surface area contributed by atoms with E-state index >= 15 is 0 Å². The average Bonchev–Trinajstić information content (AvgIpc) is 3.08. The highest BCUT2D eigenvalue weighted by Crippen LogP contribution is 2.30. The van der Waals surface area contributed by atoms with Crippen molar-refractivity contribution in [3.63, 3.8) is 0 Å². The van der Waals surface area contributed by atoms with Crippen LogP contribution in [0.4, 0.5) is 11.4 Å². The maximum atomic E-state index is 5.88.